The van der Waals surface area contributed by atoms with Crippen molar-refractivity contribution in [3.05, 3.63) is 0 Å². The fourth-order valence-corrected chi connectivity index (χ4v) is 1.62. The summed E-state index contributed by atoms with van der Waals surface area (Å²) in [5, 5.41) is 11.2. The molecule has 58 valence electrons. The largest absolute Gasteiger partial charge is 0.411 e. The Morgan fingerprint density at radius 2 is 2.00 bits per heavy atom. The third-order valence-corrected chi connectivity index (χ3v) is 2.25. The molecule has 1 rings (SSSR count). The third-order valence-electron chi connectivity index (χ3n) is 2.25. The maximum Gasteiger partial charge on any atom is 0.0438 e. The summed E-state index contributed by atoms with van der Waals surface area (Å²) >= 11 is 0. The van der Waals surface area contributed by atoms with Crippen molar-refractivity contribution in [2.45, 2.75) is 38.5 Å². The van der Waals surface area contributed by atoms with Crippen LogP contribution in [-0.2, 0) is 0 Å². The molecule has 0 aromatic heterocycles. The summed E-state index contributed by atoms with van der Waals surface area (Å²) in [7, 11) is 0. The van der Waals surface area contributed by atoms with Crippen LogP contribution in [0.15, 0.2) is 5.16 Å². The number of hydrogen-bond donors (Lipinski definition) is 1. The highest BCUT2D eigenvalue weighted by atomic mass is 16.4. The van der Waals surface area contributed by atoms with E-state index in [1.165, 1.54) is 32.1 Å². The predicted octanol–water partition coefficient (Wildman–Crippen LogP) is 2.42. The Balaban J connectivity index is 2.13. The maximum atomic E-state index is 8.17. The Hall–Kier alpha value is -0.530. The molecule has 0 amide bonds. The average Bonchev–Trinajstić information content (AvgIpc) is 2.03. The molecule has 1 aliphatic rings. The molecule has 2 nitrogen and oxygen atoms in total. The molecule has 0 heterocycles. The van der Waals surface area contributed by atoms with Gasteiger partial charge in [-0.05, 0) is 12.3 Å². The van der Waals surface area contributed by atoms with Crippen LogP contribution in [0.3, 0.4) is 0 Å². The van der Waals surface area contributed by atoms with Crippen molar-refractivity contribution < 1.29 is 5.21 Å². The zero-order chi connectivity index (χ0) is 7.23. The van der Waals surface area contributed by atoms with Gasteiger partial charge in [0.2, 0.25) is 0 Å². The van der Waals surface area contributed by atoms with Crippen LogP contribution in [0.5, 0.6) is 0 Å². The van der Waals surface area contributed by atoms with Crippen molar-refractivity contribution in [2.24, 2.45) is 11.1 Å². The smallest absolute Gasteiger partial charge is 0.0438 e. The van der Waals surface area contributed by atoms with Gasteiger partial charge in [-0.2, -0.15) is 0 Å². The summed E-state index contributed by atoms with van der Waals surface area (Å²) in [4.78, 5) is 0. The maximum absolute atomic E-state index is 8.17. The molecule has 0 unspecified atom stereocenters. The van der Waals surface area contributed by atoms with Crippen LogP contribution >= 0.6 is 0 Å². The van der Waals surface area contributed by atoms with E-state index < -0.39 is 0 Å². The molecule has 0 aliphatic heterocycles. The molecule has 1 saturated carbocycles. The van der Waals surface area contributed by atoms with E-state index >= 15 is 0 Å². The summed E-state index contributed by atoms with van der Waals surface area (Å²) in [5.74, 6) is 0.796. The van der Waals surface area contributed by atoms with Crippen LogP contribution < -0.4 is 0 Å². The molecule has 0 atom stereocenters. The highest BCUT2D eigenvalue weighted by Crippen LogP contribution is 2.25. The third kappa shape index (κ3) is 2.38. The normalized spacial score (nSPS) is 22.0. The van der Waals surface area contributed by atoms with Gasteiger partial charge in [0.1, 0.15) is 0 Å². The molecule has 2 heteroatoms. The van der Waals surface area contributed by atoms with Gasteiger partial charge in [-0.1, -0.05) is 32.1 Å². The molecule has 0 saturated heterocycles. The second-order valence-corrected chi connectivity index (χ2v) is 3.04. The van der Waals surface area contributed by atoms with Crippen LogP contribution in [0.2, 0.25) is 0 Å². The van der Waals surface area contributed by atoms with Crippen LogP contribution in [0.25, 0.3) is 0 Å². The zero-order valence-electron chi connectivity index (χ0n) is 6.29. The van der Waals surface area contributed by atoms with Gasteiger partial charge in [0.25, 0.3) is 0 Å². The molecule has 1 fully saturated rings. The molecule has 0 radical (unpaired) electrons. The first-order valence-corrected chi connectivity index (χ1v) is 4.09. The van der Waals surface area contributed by atoms with Gasteiger partial charge in [-0.15, -0.1) is 5.16 Å². The second kappa shape index (κ2) is 4.31. The summed E-state index contributed by atoms with van der Waals surface area (Å²) in [6.07, 6.45) is 9.37. The van der Waals surface area contributed by atoms with E-state index in [-0.39, 0.29) is 0 Å². The van der Waals surface area contributed by atoms with E-state index in [0.29, 0.717) is 0 Å². The van der Waals surface area contributed by atoms with E-state index in [0.717, 1.165) is 12.3 Å². The topological polar surface area (TPSA) is 32.6 Å². The van der Waals surface area contributed by atoms with Crippen LogP contribution in [-0.4, -0.2) is 11.4 Å². The van der Waals surface area contributed by atoms with Crippen LogP contribution in [0.1, 0.15) is 38.5 Å². The second-order valence-electron chi connectivity index (χ2n) is 3.04. The van der Waals surface area contributed by atoms with Gasteiger partial charge < -0.3 is 5.21 Å². The van der Waals surface area contributed by atoms with E-state index in [4.69, 9.17) is 5.21 Å². The number of nitrogens with zero attached hydrogens (tertiary/aromatic N) is 1. The first-order valence-electron chi connectivity index (χ1n) is 4.09. The highest BCUT2D eigenvalue weighted by Gasteiger charge is 2.11. The Morgan fingerprint density at radius 3 is 2.60 bits per heavy atom. The lowest BCUT2D eigenvalue weighted by atomic mass is 9.87. The van der Waals surface area contributed by atoms with E-state index in [2.05, 4.69) is 5.16 Å². The first-order chi connectivity index (χ1) is 4.93. The van der Waals surface area contributed by atoms with Crippen LogP contribution in [0, 0.1) is 5.92 Å². The van der Waals surface area contributed by atoms with Gasteiger partial charge in [0.05, 0.1) is 0 Å². The van der Waals surface area contributed by atoms with E-state index in [1.54, 1.807) is 6.21 Å². The molecule has 0 spiro atoms. The number of oxime groups is 1. The minimum atomic E-state index is 0.796. The Bertz CT molecular complexity index is 106. The standard InChI is InChI=1S/C8H15NO/c10-9-7-6-8-4-2-1-3-5-8/h7-8,10H,1-6H2/b9-7+. The Morgan fingerprint density at radius 1 is 1.30 bits per heavy atom. The Labute approximate surface area is 61.9 Å². The lowest BCUT2D eigenvalue weighted by Gasteiger charge is -2.18. The van der Waals surface area contributed by atoms with Gasteiger partial charge in [-0.25, -0.2) is 0 Å². The van der Waals surface area contributed by atoms with Gasteiger partial charge in [0.15, 0.2) is 0 Å². The molecule has 0 bridgehead atoms. The number of hydrogen-bond acceptors (Lipinski definition) is 2. The zero-order valence-corrected chi connectivity index (χ0v) is 6.29. The van der Waals surface area contributed by atoms with Crippen molar-refractivity contribution in [2.75, 3.05) is 0 Å². The summed E-state index contributed by atoms with van der Waals surface area (Å²) in [6.45, 7) is 0. The number of rotatable bonds is 2. The molecular weight excluding hydrogens is 126 g/mol. The fourth-order valence-electron chi connectivity index (χ4n) is 1.62. The van der Waals surface area contributed by atoms with Gasteiger partial charge in [0, 0.05) is 6.21 Å². The molecular formula is C8H15NO. The summed E-state index contributed by atoms with van der Waals surface area (Å²) in [6, 6.07) is 0. The molecule has 0 aromatic carbocycles. The quantitative estimate of drug-likeness (QED) is 0.357. The lowest BCUT2D eigenvalue weighted by molar-refractivity contribution is 0.315. The van der Waals surface area contributed by atoms with Crippen molar-refractivity contribution in [1.82, 2.24) is 0 Å². The van der Waals surface area contributed by atoms with Crippen LogP contribution in [0.4, 0.5) is 0 Å². The van der Waals surface area contributed by atoms with Gasteiger partial charge >= 0.3 is 0 Å². The monoisotopic (exact) mass is 141 g/mol. The van der Waals surface area contributed by atoms with Crippen molar-refractivity contribution in [3.63, 3.8) is 0 Å². The minimum Gasteiger partial charge on any atom is -0.411 e. The summed E-state index contributed by atoms with van der Waals surface area (Å²) in [5.41, 5.74) is 0. The van der Waals surface area contributed by atoms with Crippen molar-refractivity contribution in [3.8, 4) is 0 Å². The van der Waals surface area contributed by atoms with Crippen molar-refractivity contribution in [1.29, 1.82) is 0 Å². The van der Waals surface area contributed by atoms with Crippen molar-refractivity contribution >= 4 is 6.21 Å². The average molecular weight is 141 g/mol. The minimum absolute atomic E-state index is 0.796. The molecule has 1 N–H and O–H groups in total. The molecule has 10 heavy (non-hydrogen) atoms. The summed E-state index contributed by atoms with van der Waals surface area (Å²) < 4.78 is 0. The SMILES string of the molecule is O/N=C/CC1CCCCC1. The predicted molar refractivity (Wildman–Crippen MR) is 41.5 cm³/mol. The lowest BCUT2D eigenvalue weighted by Crippen LogP contribution is -2.06. The van der Waals surface area contributed by atoms with Gasteiger partial charge in [-0.3, -0.25) is 0 Å². The first kappa shape index (κ1) is 7.58. The Kier molecular flexibility index (Phi) is 3.27. The van der Waals surface area contributed by atoms with E-state index in [9.17, 15) is 0 Å². The molecule has 0 aromatic rings. The van der Waals surface area contributed by atoms with E-state index in [1.807, 2.05) is 0 Å². The highest BCUT2D eigenvalue weighted by molar-refractivity contribution is 5.56. The fraction of sp³-hybridized carbons (Fsp3) is 0.875. The molecule has 1 aliphatic carbocycles.